The maximum absolute atomic E-state index is 12.6. The molecule has 0 unspecified atom stereocenters. The number of alkyl halides is 2. The monoisotopic (exact) mass is 795 g/mol. The van der Waals surface area contributed by atoms with E-state index < -0.39 is 16.6 Å². The molecule has 0 aliphatic heterocycles. The second kappa shape index (κ2) is 35.6. The van der Waals surface area contributed by atoms with Gasteiger partial charge in [0.2, 0.25) is 0 Å². The van der Waals surface area contributed by atoms with Crippen LogP contribution in [0.2, 0.25) is 36.3 Å². The first-order chi connectivity index (χ1) is 24.3. The summed E-state index contributed by atoms with van der Waals surface area (Å²) >= 11 is 11.5. The first-order valence-electron chi connectivity index (χ1n) is 21.9. The van der Waals surface area contributed by atoms with E-state index in [1.807, 2.05) is 0 Å². The predicted octanol–water partition coefficient (Wildman–Crippen LogP) is 15.6. The summed E-state index contributed by atoms with van der Waals surface area (Å²) in [4.78, 5) is 25.0. The molecule has 0 saturated carbocycles. The van der Waals surface area contributed by atoms with Gasteiger partial charge in [0.05, 0.1) is 0 Å². The van der Waals surface area contributed by atoms with Crippen molar-refractivity contribution in [2.45, 2.75) is 233 Å². The average Bonchev–Trinajstić information content (AvgIpc) is 3.08. The van der Waals surface area contributed by atoms with Crippen molar-refractivity contribution in [2.24, 2.45) is 17.8 Å². The molecule has 0 aromatic heterocycles. The number of hydrogen-bond acceptors (Lipinski definition) is 4. The van der Waals surface area contributed by atoms with Crippen LogP contribution in [0.4, 0.5) is 0 Å². The Bertz CT molecular complexity index is 731. The van der Waals surface area contributed by atoms with Crippen molar-refractivity contribution in [3.63, 3.8) is 0 Å². The van der Waals surface area contributed by atoms with E-state index in [1.165, 1.54) is 114 Å². The van der Waals surface area contributed by atoms with E-state index in [4.69, 9.17) is 32.1 Å². The lowest BCUT2D eigenvalue weighted by atomic mass is 10.2. The maximum Gasteiger partial charge on any atom is 0.292 e. The van der Waals surface area contributed by atoms with Gasteiger partial charge in [-0.15, -0.1) is 23.2 Å². The van der Waals surface area contributed by atoms with Crippen LogP contribution in [0.25, 0.3) is 0 Å². The molecule has 4 nitrogen and oxygen atoms in total. The third-order valence-corrected chi connectivity index (χ3v) is 19.4. The number of carbonyl (C=O) groups is 2. The first kappa shape index (κ1) is 53.1. The summed E-state index contributed by atoms with van der Waals surface area (Å²) in [6.45, 7) is 20.4. The van der Waals surface area contributed by atoms with Crippen LogP contribution in [0.3, 0.4) is 0 Å². The molecule has 0 N–H and O–H groups in total. The van der Waals surface area contributed by atoms with Gasteiger partial charge in [-0.25, -0.2) is 0 Å². The Labute approximate surface area is 331 Å². The number of hydrogen-bond donors (Lipinski definition) is 0. The lowest BCUT2D eigenvalue weighted by molar-refractivity contribution is -0.136. The van der Waals surface area contributed by atoms with Gasteiger partial charge in [-0.2, -0.15) is 0 Å². The Morgan fingerprint density at radius 3 is 0.980 bits per heavy atom. The second-order valence-corrected chi connectivity index (χ2v) is 25.7. The van der Waals surface area contributed by atoms with E-state index in [2.05, 4.69) is 62.3 Å². The summed E-state index contributed by atoms with van der Waals surface area (Å²) in [5.74, 6) is 3.38. The standard InChI is InChI=1S/C23H47ClO2Si.C20H41ClO2Si/c1-4-7-10-15-20-27(21-16-11-8-5-2,22-17-12-9-6-3)26-23(25)18-13-14-19-24;1-17(2)10-14-24(15-11-18(3)4,16-12-19(5)6)23-20(22)9-7-8-13-21/h4-22H2,1-3H3;17-19H,7-16H2,1-6H3. The van der Waals surface area contributed by atoms with Crippen molar-refractivity contribution < 1.29 is 18.4 Å². The quantitative estimate of drug-likeness (QED) is 0.0370. The maximum atomic E-state index is 12.6. The molecule has 0 aromatic carbocycles. The number of unbranched alkanes of at least 4 members (excludes halogenated alkanes) is 11. The van der Waals surface area contributed by atoms with Crippen molar-refractivity contribution >= 4 is 51.8 Å². The number of carbonyl (C=O) groups excluding carboxylic acids is 2. The smallest absolute Gasteiger partial charge is 0.292 e. The van der Waals surface area contributed by atoms with Gasteiger partial charge < -0.3 is 8.85 Å². The topological polar surface area (TPSA) is 52.6 Å². The molecule has 0 atom stereocenters. The lowest BCUT2D eigenvalue weighted by Crippen LogP contribution is -2.41. The van der Waals surface area contributed by atoms with Crippen LogP contribution in [0.15, 0.2) is 0 Å². The number of halogens is 2. The fourth-order valence-corrected chi connectivity index (χ4v) is 16.3. The van der Waals surface area contributed by atoms with Gasteiger partial charge in [0.1, 0.15) is 0 Å². The number of rotatable bonds is 34. The van der Waals surface area contributed by atoms with Gasteiger partial charge in [0, 0.05) is 24.6 Å². The van der Waals surface area contributed by atoms with Crippen molar-refractivity contribution in [1.29, 1.82) is 0 Å². The Morgan fingerprint density at radius 2 is 0.725 bits per heavy atom. The molecule has 0 aromatic rings. The van der Waals surface area contributed by atoms with Crippen molar-refractivity contribution in [2.75, 3.05) is 11.8 Å². The fourth-order valence-electron chi connectivity index (χ4n) is 6.65. The highest BCUT2D eigenvalue weighted by molar-refractivity contribution is 6.75. The molecule has 0 bridgehead atoms. The lowest BCUT2D eigenvalue weighted by Gasteiger charge is -2.33. The SMILES string of the molecule is CC(C)CC[Si](CCC(C)C)(CCC(C)C)OC(=O)CCCCCl.CCCCCC[Si](CCCCCC)(CCCCCC)OC(=O)CCCCCl. The van der Waals surface area contributed by atoms with Gasteiger partial charge in [-0.1, -0.05) is 159 Å². The molecule has 8 heteroatoms. The van der Waals surface area contributed by atoms with Crippen molar-refractivity contribution in [3.8, 4) is 0 Å². The van der Waals surface area contributed by atoms with Crippen LogP contribution in [0, 0.1) is 17.8 Å². The first-order valence-corrected chi connectivity index (χ1v) is 28.0. The highest BCUT2D eigenvalue weighted by Crippen LogP contribution is 2.33. The summed E-state index contributed by atoms with van der Waals surface area (Å²) in [5, 5.41) is 0. The molecule has 51 heavy (non-hydrogen) atoms. The highest BCUT2D eigenvalue weighted by Gasteiger charge is 2.38. The molecular formula is C43H88Cl2O4Si2. The van der Waals surface area contributed by atoms with E-state index in [-0.39, 0.29) is 11.9 Å². The largest absolute Gasteiger partial charge is 0.519 e. The van der Waals surface area contributed by atoms with Crippen LogP contribution >= 0.6 is 23.2 Å². The fraction of sp³-hybridized carbons (Fsp3) is 0.953. The Morgan fingerprint density at radius 1 is 0.431 bits per heavy atom. The van der Waals surface area contributed by atoms with E-state index >= 15 is 0 Å². The van der Waals surface area contributed by atoms with Gasteiger partial charge in [0.15, 0.2) is 0 Å². The molecule has 306 valence electrons. The summed E-state index contributed by atoms with van der Waals surface area (Å²) in [6, 6.07) is 6.95. The van der Waals surface area contributed by atoms with Gasteiger partial charge in [-0.05, 0) is 79.7 Å². The molecule has 0 rings (SSSR count). The Hall–Kier alpha value is -0.0462. The van der Waals surface area contributed by atoms with Gasteiger partial charge in [-0.3, -0.25) is 9.59 Å². The molecule has 0 aliphatic carbocycles. The minimum atomic E-state index is -1.99. The van der Waals surface area contributed by atoms with Crippen LogP contribution in [-0.2, 0) is 18.4 Å². The van der Waals surface area contributed by atoms with E-state index in [0.717, 1.165) is 43.8 Å². The van der Waals surface area contributed by atoms with E-state index in [1.54, 1.807) is 0 Å². The Balaban J connectivity index is 0. The minimum absolute atomic E-state index is 0.0306. The molecule has 0 heterocycles. The van der Waals surface area contributed by atoms with Crippen LogP contribution in [-0.4, -0.2) is 40.3 Å². The molecular weight excluding hydrogens is 708 g/mol. The predicted molar refractivity (Wildman–Crippen MR) is 232 cm³/mol. The third kappa shape index (κ3) is 33.1. The molecule has 0 saturated heterocycles. The van der Waals surface area contributed by atoms with Crippen molar-refractivity contribution in [1.82, 2.24) is 0 Å². The Kier molecular flexibility index (Phi) is 37.1. The zero-order valence-corrected chi connectivity index (χ0v) is 39.1. The molecule has 0 fully saturated rings. The average molecular weight is 796 g/mol. The summed E-state index contributed by atoms with van der Waals surface area (Å²) in [6.07, 6.45) is 23.5. The van der Waals surface area contributed by atoms with E-state index in [0.29, 0.717) is 42.4 Å². The zero-order chi connectivity index (χ0) is 38.8. The van der Waals surface area contributed by atoms with Gasteiger partial charge in [0.25, 0.3) is 28.6 Å². The molecule has 0 aliphatic rings. The summed E-state index contributed by atoms with van der Waals surface area (Å²) in [7, 11) is -3.94. The van der Waals surface area contributed by atoms with Crippen LogP contribution in [0.1, 0.15) is 197 Å². The highest BCUT2D eigenvalue weighted by atomic mass is 35.5. The zero-order valence-electron chi connectivity index (χ0n) is 35.6. The normalized spacial score (nSPS) is 12.0. The van der Waals surface area contributed by atoms with Crippen LogP contribution < -0.4 is 0 Å². The van der Waals surface area contributed by atoms with Crippen LogP contribution in [0.5, 0.6) is 0 Å². The summed E-state index contributed by atoms with van der Waals surface area (Å²) < 4.78 is 12.7. The second-order valence-electron chi connectivity index (χ2n) is 16.8. The van der Waals surface area contributed by atoms with Crippen molar-refractivity contribution in [3.05, 3.63) is 0 Å². The molecule has 0 radical (unpaired) electrons. The van der Waals surface area contributed by atoms with Gasteiger partial charge >= 0.3 is 0 Å². The third-order valence-electron chi connectivity index (χ3n) is 10.2. The summed E-state index contributed by atoms with van der Waals surface area (Å²) in [5.41, 5.74) is 0. The molecule has 0 amide bonds. The minimum Gasteiger partial charge on any atom is -0.519 e. The van der Waals surface area contributed by atoms with E-state index in [9.17, 15) is 9.59 Å². The molecule has 0 spiro atoms.